The highest BCUT2D eigenvalue weighted by atomic mass is 32.2. The van der Waals surface area contributed by atoms with Gasteiger partial charge in [0.15, 0.2) is 0 Å². The Bertz CT molecular complexity index is 1030. The van der Waals surface area contributed by atoms with Crippen LogP contribution in [0.5, 0.6) is 5.88 Å². The number of sulfonamides is 1. The van der Waals surface area contributed by atoms with E-state index in [-0.39, 0.29) is 23.5 Å². The van der Waals surface area contributed by atoms with Crippen LogP contribution in [0.3, 0.4) is 0 Å². The number of aromatic nitrogens is 1. The van der Waals surface area contributed by atoms with Gasteiger partial charge in [-0.05, 0) is 56.9 Å². The van der Waals surface area contributed by atoms with Crippen molar-refractivity contribution in [3.8, 4) is 5.88 Å². The molecule has 0 aliphatic carbocycles. The molecule has 32 heavy (non-hydrogen) atoms. The molecule has 2 aromatic rings. The number of ether oxygens (including phenoxy) is 1. The van der Waals surface area contributed by atoms with Gasteiger partial charge in [-0.2, -0.15) is 0 Å². The second kappa shape index (κ2) is 10.3. The molecule has 174 valence electrons. The van der Waals surface area contributed by atoms with Crippen LogP contribution in [-0.2, 0) is 16.6 Å². The van der Waals surface area contributed by atoms with Crippen molar-refractivity contribution < 1.29 is 17.9 Å². The van der Waals surface area contributed by atoms with Crippen molar-refractivity contribution in [3.05, 3.63) is 47.7 Å². The molecule has 1 aliphatic rings. The number of anilines is 1. The number of piperidine rings is 1. The lowest BCUT2D eigenvalue weighted by atomic mass is 10.1. The van der Waals surface area contributed by atoms with Gasteiger partial charge in [0.2, 0.25) is 15.9 Å². The van der Waals surface area contributed by atoms with Crippen molar-refractivity contribution in [2.45, 2.75) is 50.7 Å². The SMILES string of the molecule is CC(C)Oc1ccc(CNC(=O)c2cc(S(=O)(=O)N(C)C)ccc2N2CCCCC2)cn1. The maximum Gasteiger partial charge on any atom is 0.253 e. The zero-order chi connectivity index (χ0) is 23.3. The summed E-state index contributed by atoms with van der Waals surface area (Å²) in [6.07, 6.45) is 4.96. The topological polar surface area (TPSA) is 91.8 Å². The monoisotopic (exact) mass is 460 g/mol. The molecule has 0 unspecified atom stereocenters. The summed E-state index contributed by atoms with van der Waals surface area (Å²) in [7, 11) is -0.692. The molecule has 9 heteroatoms. The van der Waals surface area contributed by atoms with E-state index in [9.17, 15) is 13.2 Å². The maximum absolute atomic E-state index is 13.2. The van der Waals surface area contributed by atoms with Crippen LogP contribution in [0.15, 0.2) is 41.4 Å². The van der Waals surface area contributed by atoms with Crippen LogP contribution in [0, 0.1) is 0 Å². The standard InChI is InChI=1S/C23H32N4O4S/c1-17(2)31-22-11-8-18(15-24-22)16-25-23(28)20-14-19(32(29,30)26(3)4)9-10-21(20)27-12-6-5-7-13-27/h8-11,14-15,17H,5-7,12-13,16H2,1-4H3,(H,25,28). The van der Waals surface area contributed by atoms with E-state index >= 15 is 0 Å². The number of nitrogens with zero attached hydrogens (tertiary/aromatic N) is 3. The molecule has 1 aromatic carbocycles. The molecule has 0 bridgehead atoms. The molecule has 0 atom stereocenters. The van der Waals surface area contributed by atoms with Crippen LogP contribution < -0.4 is 15.0 Å². The first-order valence-corrected chi connectivity index (χ1v) is 12.3. The van der Waals surface area contributed by atoms with Crippen molar-refractivity contribution in [3.63, 3.8) is 0 Å². The average Bonchev–Trinajstić information content (AvgIpc) is 2.78. The zero-order valence-electron chi connectivity index (χ0n) is 19.2. The number of hydrogen-bond acceptors (Lipinski definition) is 6. The van der Waals surface area contributed by atoms with Gasteiger partial charge in [-0.1, -0.05) is 6.07 Å². The Kier molecular flexibility index (Phi) is 7.73. The van der Waals surface area contributed by atoms with Crippen molar-refractivity contribution in [1.29, 1.82) is 0 Å². The lowest BCUT2D eigenvalue weighted by Crippen LogP contribution is -2.33. The van der Waals surface area contributed by atoms with Crippen molar-refractivity contribution in [2.75, 3.05) is 32.1 Å². The smallest absolute Gasteiger partial charge is 0.253 e. The highest BCUT2D eigenvalue weighted by Gasteiger charge is 2.24. The molecule has 1 N–H and O–H groups in total. The third-order valence-corrected chi connectivity index (χ3v) is 7.11. The second-order valence-corrected chi connectivity index (χ2v) is 10.5. The van der Waals surface area contributed by atoms with Crippen LogP contribution in [0.1, 0.15) is 49.0 Å². The van der Waals surface area contributed by atoms with E-state index in [1.807, 2.05) is 19.9 Å². The van der Waals surface area contributed by atoms with E-state index in [4.69, 9.17) is 4.74 Å². The lowest BCUT2D eigenvalue weighted by molar-refractivity contribution is 0.0951. The summed E-state index contributed by atoms with van der Waals surface area (Å²) < 4.78 is 32.0. The number of rotatable bonds is 8. The number of hydrogen-bond donors (Lipinski definition) is 1. The number of benzene rings is 1. The molecule has 1 aromatic heterocycles. The van der Waals surface area contributed by atoms with Gasteiger partial charge in [0, 0.05) is 51.7 Å². The zero-order valence-corrected chi connectivity index (χ0v) is 20.0. The summed E-state index contributed by atoms with van der Waals surface area (Å²) in [6, 6.07) is 8.42. The molecule has 0 spiro atoms. The molecule has 0 radical (unpaired) electrons. The van der Waals surface area contributed by atoms with Gasteiger partial charge in [-0.15, -0.1) is 0 Å². The minimum atomic E-state index is -3.65. The third kappa shape index (κ3) is 5.77. The second-order valence-electron chi connectivity index (χ2n) is 8.37. The van der Waals surface area contributed by atoms with E-state index in [2.05, 4.69) is 15.2 Å². The molecule has 1 fully saturated rings. The Labute approximate surface area is 190 Å². The molecular weight excluding hydrogens is 428 g/mol. The number of carbonyl (C=O) groups excluding carboxylic acids is 1. The predicted octanol–water partition coefficient (Wildman–Crippen LogP) is 3.04. The van der Waals surface area contributed by atoms with Gasteiger partial charge in [0.05, 0.1) is 16.6 Å². The maximum atomic E-state index is 13.2. The van der Waals surface area contributed by atoms with Crippen molar-refractivity contribution in [2.24, 2.45) is 0 Å². The molecule has 2 heterocycles. The van der Waals surface area contributed by atoms with Crippen LogP contribution >= 0.6 is 0 Å². The Morgan fingerprint density at radius 1 is 1.16 bits per heavy atom. The fourth-order valence-corrected chi connectivity index (χ4v) is 4.51. The predicted molar refractivity (Wildman–Crippen MR) is 125 cm³/mol. The van der Waals surface area contributed by atoms with Crippen LogP contribution in [0.4, 0.5) is 5.69 Å². The van der Waals surface area contributed by atoms with Crippen LogP contribution in [-0.4, -0.2) is 56.9 Å². The minimum Gasteiger partial charge on any atom is -0.475 e. The molecule has 0 saturated carbocycles. The molecule has 1 saturated heterocycles. The fraction of sp³-hybridized carbons (Fsp3) is 0.478. The van der Waals surface area contributed by atoms with Crippen molar-refractivity contribution in [1.82, 2.24) is 14.6 Å². The fourth-order valence-electron chi connectivity index (χ4n) is 3.58. The number of carbonyl (C=O) groups is 1. The van der Waals surface area contributed by atoms with Gasteiger partial charge in [-0.3, -0.25) is 4.79 Å². The first kappa shape index (κ1) is 24.0. The Morgan fingerprint density at radius 2 is 1.88 bits per heavy atom. The average molecular weight is 461 g/mol. The number of amides is 1. The number of pyridine rings is 1. The highest BCUT2D eigenvalue weighted by molar-refractivity contribution is 7.89. The molecular formula is C23H32N4O4S. The quantitative estimate of drug-likeness (QED) is 0.651. The van der Waals surface area contributed by atoms with E-state index < -0.39 is 10.0 Å². The molecule has 3 rings (SSSR count). The highest BCUT2D eigenvalue weighted by Crippen LogP contribution is 2.28. The molecule has 1 aliphatic heterocycles. The summed E-state index contributed by atoms with van der Waals surface area (Å²) in [5.74, 6) is 0.216. The molecule has 8 nitrogen and oxygen atoms in total. The van der Waals surface area contributed by atoms with E-state index in [0.717, 1.165) is 47.9 Å². The number of nitrogens with one attached hydrogen (secondary N) is 1. The Morgan fingerprint density at radius 3 is 2.47 bits per heavy atom. The van der Waals surface area contributed by atoms with Gasteiger partial charge < -0.3 is 15.0 Å². The van der Waals surface area contributed by atoms with Gasteiger partial charge in [0.1, 0.15) is 0 Å². The lowest BCUT2D eigenvalue weighted by Gasteiger charge is -2.30. The van der Waals surface area contributed by atoms with Gasteiger partial charge in [0.25, 0.3) is 5.91 Å². The summed E-state index contributed by atoms with van der Waals surface area (Å²) in [4.78, 5) is 19.7. The summed E-state index contributed by atoms with van der Waals surface area (Å²) in [5.41, 5.74) is 1.95. The Hall–Kier alpha value is -2.65. The molecule has 1 amide bonds. The van der Waals surface area contributed by atoms with Gasteiger partial charge in [-0.25, -0.2) is 17.7 Å². The summed E-state index contributed by atoms with van der Waals surface area (Å²) in [6.45, 7) is 5.83. The van der Waals surface area contributed by atoms with Crippen LogP contribution in [0.25, 0.3) is 0 Å². The normalized spacial score (nSPS) is 14.6. The first-order valence-electron chi connectivity index (χ1n) is 10.9. The van der Waals surface area contributed by atoms with E-state index in [1.165, 1.54) is 20.2 Å². The van der Waals surface area contributed by atoms with E-state index in [1.54, 1.807) is 24.4 Å². The minimum absolute atomic E-state index is 0.0342. The third-order valence-electron chi connectivity index (χ3n) is 5.30. The van der Waals surface area contributed by atoms with Crippen molar-refractivity contribution >= 4 is 21.6 Å². The summed E-state index contributed by atoms with van der Waals surface area (Å²) >= 11 is 0. The van der Waals surface area contributed by atoms with E-state index in [0.29, 0.717) is 11.4 Å². The largest absolute Gasteiger partial charge is 0.475 e. The summed E-state index contributed by atoms with van der Waals surface area (Å²) in [5, 5.41) is 2.91. The first-order chi connectivity index (χ1) is 15.2. The van der Waals surface area contributed by atoms with Crippen LogP contribution in [0.2, 0.25) is 0 Å². The van der Waals surface area contributed by atoms with Gasteiger partial charge >= 0.3 is 0 Å². The Balaban J connectivity index is 1.83.